The zero-order valence-electron chi connectivity index (χ0n) is 13.3. The molecule has 0 aliphatic heterocycles. The van der Waals surface area contributed by atoms with Gasteiger partial charge in [0.1, 0.15) is 22.5 Å². The Bertz CT molecular complexity index is 1070. The Labute approximate surface area is 166 Å². The average Bonchev–Trinajstić information content (AvgIpc) is 3.09. The molecule has 0 unspecified atom stereocenters. The second kappa shape index (κ2) is 7.69. The topological polar surface area (TPSA) is 49.6 Å². The fourth-order valence-corrected chi connectivity index (χ4v) is 3.40. The lowest BCUT2D eigenvalue weighted by Crippen LogP contribution is -2.05. The minimum Gasteiger partial charge on any atom is -0.252 e. The minimum atomic E-state index is -4.53. The molecular formula is C18H8Cl2F3N3S. The molecular weight excluding hydrogens is 418 g/mol. The number of rotatable bonds is 3. The lowest BCUT2D eigenvalue weighted by atomic mass is 10.1. The molecule has 0 saturated heterocycles. The van der Waals surface area contributed by atoms with E-state index in [1.807, 2.05) is 0 Å². The number of alkyl halides is 3. The van der Waals surface area contributed by atoms with Crippen molar-refractivity contribution < 1.29 is 13.2 Å². The molecule has 2 heterocycles. The van der Waals surface area contributed by atoms with Crippen LogP contribution in [0.3, 0.4) is 0 Å². The number of allylic oxidation sites excluding steroid dienone is 1. The van der Waals surface area contributed by atoms with E-state index in [0.29, 0.717) is 21.8 Å². The smallest absolute Gasteiger partial charge is 0.252 e. The first-order valence-corrected chi connectivity index (χ1v) is 8.98. The minimum absolute atomic E-state index is 0.113. The van der Waals surface area contributed by atoms with Crippen molar-refractivity contribution in [3.63, 3.8) is 0 Å². The third kappa shape index (κ3) is 4.30. The highest BCUT2D eigenvalue weighted by atomic mass is 35.5. The van der Waals surface area contributed by atoms with Gasteiger partial charge in [-0.3, -0.25) is 4.98 Å². The summed E-state index contributed by atoms with van der Waals surface area (Å²) in [7, 11) is 0. The zero-order valence-corrected chi connectivity index (χ0v) is 15.6. The van der Waals surface area contributed by atoms with Crippen molar-refractivity contribution in [1.29, 1.82) is 5.26 Å². The zero-order chi connectivity index (χ0) is 19.6. The van der Waals surface area contributed by atoms with Gasteiger partial charge in [0.2, 0.25) is 0 Å². The number of pyridine rings is 1. The molecule has 3 rings (SSSR count). The summed E-state index contributed by atoms with van der Waals surface area (Å²) in [6.07, 6.45) is -2.24. The van der Waals surface area contributed by atoms with Crippen LogP contribution in [-0.4, -0.2) is 9.97 Å². The summed E-state index contributed by atoms with van der Waals surface area (Å²) in [6.45, 7) is 0. The van der Waals surface area contributed by atoms with E-state index in [0.717, 1.165) is 17.4 Å². The van der Waals surface area contributed by atoms with Crippen molar-refractivity contribution in [1.82, 2.24) is 9.97 Å². The number of hydrogen-bond donors (Lipinski definition) is 0. The molecule has 1 aromatic carbocycles. The fourth-order valence-electron chi connectivity index (χ4n) is 2.18. The van der Waals surface area contributed by atoms with Crippen LogP contribution in [0.15, 0.2) is 41.9 Å². The molecule has 0 atom stereocenters. The Kier molecular flexibility index (Phi) is 5.51. The molecule has 0 N–H and O–H groups in total. The number of halogens is 5. The van der Waals surface area contributed by atoms with Crippen molar-refractivity contribution in [2.45, 2.75) is 6.18 Å². The van der Waals surface area contributed by atoms with E-state index in [1.165, 1.54) is 0 Å². The van der Waals surface area contributed by atoms with Crippen LogP contribution >= 0.6 is 34.5 Å². The van der Waals surface area contributed by atoms with Gasteiger partial charge in [-0.1, -0.05) is 41.4 Å². The average molecular weight is 426 g/mol. The SMILES string of the molecule is N#CC(=Cc1ccccc1Cl)c1nc(-c2ncc(C(F)(F)F)cc2Cl)cs1. The monoisotopic (exact) mass is 425 g/mol. The Balaban J connectivity index is 1.97. The van der Waals surface area contributed by atoms with Crippen LogP contribution in [-0.2, 0) is 6.18 Å². The lowest BCUT2D eigenvalue weighted by Gasteiger charge is -2.07. The van der Waals surface area contributed by atoms with Gasteiger partial charge >= 0.3 is 6.18 Å². The van der Waals surface area contributed by atoms with E-state index < -0.39 is 11.7 Å². The van der Waals surface area contributed by atoms with E-state index in [9.17, 15) is 18.4 Å². The van der Waals surface area contributed by atoms with E-state index in [1.54, 1.807) is 35.7 Å². The van der Waals surface area contributed by atoms with Crippen LogP contribution in [0, 0.1) is 11.3 Å². The van der Waals surface area contributed by atoms with E-state index in [2.05, 4.69) is 16.0 Å². The summed E-state index contributed by atoms with van der Waals surface area (Å²) in [5.74, 6) is 0. The Morgan fingerprint density at radius 2 is 1.93 bits per heavy atom. The van der Waals surface area contributed by atoms with Gasteiger partial charge < -0.3 is 0 Å². The molecule has 0 bridgehead atoms. The highest BCUT2D eigenvalue weighted by Crippen LogP contribution is 2.35. The fraction of sp³-hybridized carbons (Fsp3) is 0.0556. The molecule has 9 heteroatoms. The van der Waals surface area contributed by atoms with Crippen LogP contribution < -0.4 is 0 Å². The Morgan fingerprint density at radius 3 is 2.56 bits per heavy atom. The van der Waals surface area contributed by atoms with Gasteiger partial charge in [-0.05, 0) is 23.8 Å². The third-order valence-corrected chi connectivity index (χ3v) is 4.98. The summed E-state index contributed by atoms with van der Waals surface area (Å²) >= 11 is 13.2. The van der Waals surface area contributed by atoms with E-state index in [-0.39, 0.29) is 22.0 Å². The van der Waals surface area contributed by atoms with Crippen LogP contribution in [0.25, 0.3) is 23.0 Å². The first kappa shape index (κ1) is 19.4. The maximum atomic E-state index is 12.7. The van der Waals surface area contributed by atoms with Gasteiger partial charge in [0.15, 0.2) is 0 Å². The Morgan fingerprint density at radius 1 is 1.19 bits per heavy atom. The second-order valence-electron chi connectivity index (χ2n) is 5.28. The summed E-state index contributed by atoms with van der Waals surface area (Å²) in [5.41, 5.74) is 0.375. The molecule has 3 nitrogen and oxygen atoms in total. The van der Waals surface area contributed by atoms with Crippen molar-refractivity contribution in [3.05, 3.63) is 68.1 Å². The van der Waals surface area contributed by atoms with E-state index >= 15 is 0 Å². The summed E-state index contributed by atoms with van der Waals surface area (Å²) in [4.78, 5) is 8.07. The molecule has 0 saturated carbocycles. The van der Waals surface area contributed by atoms with Gasteiger partial charge in [0, 0.05) is 16.6 Å². The lowest BCUT2D eigenvalue weighted by molar-refractivity contribution is -0.137. The molecule has 0 amide bonds. The number of thiazole rings is 1. The van der Waals surface area contributed by atoms with Gasteiger partial charge in [-0.25, -0.2) is 4.98 Å². The number of nitrogens with zero attached hydrogens (tertiary/aromatic N) is 3. The van der Waals surface area contributed by atoms with Gasteiger partial charge in [0.05, 0.1) is 16.2 Å². The van der Waals surface area contributed by atoms with Crippen molar-refractivity contribution in [2.24, 2.45) is 0 Å². The molecule has 2 aromatic heterocycles. The molecule has 0 aliphatic rings. The standard InChI is InChI=1S/C18H8Cl2F3N3S/c19-13-4-2-1-3-10(13)5-11(7-24)17-26-15(9-27-17)16-14(20)6-12(8-25-16)18(21,22)23/h1-6,8-9H. The molecule has 0 aliphatic carbocycles. The van der Waals surface area contributed by atoms with Crippen molar-refractivity contribution in [2.75, 3.05) is 0 Å². The first-order chi connectivity index (χ1) is 12.8. The van der Waals surface area contributed by atoms with Gasteiger partial charge in [-0.15, -0.1) is 11.3 Å². The summed E-state index contributed by atoms with van der Waals surface area (Å²) in [6, 6.07) is 9.85. The normalized spacial score (nSPS) is 12.1. The largest absolute Gasteiger partial charge is 0.417 e. The second-order valence-corrected chi connectivity index (χ2v) is 6.95. The van der Waals surface area contributed by atoms with E-state index in [4.69, 9.17) is 23.2 Å². The van der Waals surface area contributed by atoms with Crippen LogP contribution in [0.5, 0.6) is 0 Å². The summed E-state index contributed by atoms with van der Waals surface area (Å²) in [5, 5.41) is 11.7. The number of benzene rings is 1. The van der Waals surface area contributed by atoms with Crippen LogP contribution in [0.2, 0.25) is 10.0 Å². The highest BCUT2D eigenvalue weighted by molar-refractivity contribution is 7.11. The predicted molar refractivity (Wildman–Crippen MR) is 100 cm³/mol. The molecule has 0 fully saturated rings. The molecule has 0 spiro atoms. The van der Waals surface area contributed by atoms with Crippen LogP contribution in [0.1, 0.15) is 16.1 Å². The van der Waals surface area contributed by atoms with Gasteiger partial charge in [0.25, 0.3) is 0 Å². The summed E-state index contributed by atoms with van der Waals surface area (Å²) < 4.78 is 38.2. The maximum absolute atomic E-state index is 12.7. The first-order valence-electron chi connectivity index (χ1n) is 7.35. The third-order valence-electron chi connectivity index (χ3n) is 3.47. The number of nitriles is 1. The molecule has 0 radical (unpaired) electrons. The van der Waals surface area contributed by atoms with Crippen LogP contribution in [0.4, 0.5) is 13.2 Å². The van der Waals surface area contributed by atoms with Gasteiger partial charge in [-0.2, -0.15) is 18.4 Å². The molecule has 3 aromatic rings. The molecule has 27 heavy (non-hydrogen) atoms. The van der Waals surface area contributed by atoms with Crippen molar-refractivity contribution in [3.8, 4) is 17.5 Å². The maximum Gasteiger partial charge on any atom is 0.417 e. The van der Waals surface area contributed by atoms with Crippen molar-refractivity contribution >= 4 is 46.2 Å². The predicted octanol–water partition coefficient (Wildman–Crippen LogP) is 6.59. The quantitative estimate of drug-likeness (QED) is 0.444. The highest BCUT2D eigenvalue weighted by Gasteiger charge is 2.31. The number of aromatic nitrogens is 2. The Hall–Kier alpha value is -2.40. The number of hydrogen-bond acceptors (Lipinski definition) is 4. The molecule has 136 valence electrons.